The molecule has 1 aromatic rings. The Labute approximate surface area is 111 Å². The second-order valence-electron chi connectivity index (χ2n) is 5.94. The van der Waals surface area contributed by atoms with Crippen molar-refractivity contribution in [1.29, 1.82) is 0 Å². The van der Waals surface area contributed by atoms with Gasteiger partial charge in [-0.05, 0) is 39.8 Å². The molecule has 0 amide bonds. The third-order valence-corrected chi connectivity index (χ3v) is 2.29. The fourth-order valence-electron chi connectivity index (χ4n) is 1.39. The van der Waals surface area contributed by atoms with Gasteiger partial charge in [-0.3, -0.25) is 4.99 Å². The highest BCUT2D eigenvalue weighted by molar-refractivity contribution is 5.84. The van der Waals surface area contributed by atoms with Gasteiger partial charge in [-0.2, -0.15) is 0 Å². The van der Waals surface area contributed by atoms with Crippen LogP contribution in [0.4, 0.5) is 0 Å². The summed E-state index contributed by atoms with van der Waals surface area (Å²) in [6.45, 7) is 12.6. The van der Waals surface area contributed by atoms with Crippen LogP contribution in [-0.2, 0) is 0 Å². The highest BCUT2D eigenvalue weighted by Crippen LogP contribution is 2.12. The van der Waals surface area contributed by atoms with E-state index in [2.05, 4.69) is 76.6 Å². The number of nitrogens with zero attached hydrogens (tertiary/aromatic N) is 1. The second-order valence-corrected chi connectivity index (χ2v) is 5.94. The minimum atomic E-state index is -0.0491. The summed E-state index contributed by atoms with van der Waals surface area (Å²) in [5, 5.41) is 0. The molecule has 0 radical (unpaired) electrons. The summed E-state index contributed by atoms with van der Waals surface area (Å²) in [6.07, 6.45) is 1.94. The molecule has 0 N–H and O–H groups in total. The monoisotopic (exact) mass is 241 g/mol. The number of hydrogen-bond donors (Lipinski definition) is 0. The molecule has 0 unspecified atom stereocenters. The molecular weight excluding hydrogens is 218 g/mol. The lowest BCUT2D eigenvalue weighted by molar-refractivity contribution is 0.586. The van der Waals surface area contributed by atoms with Crippen LogP contribution in [0.2, 0.25) is 0 Å². The number of hydrogen-bond acceptors (Lipinski definition) is 1. The van der Waals surface area contributed by atoms with Crippen molar-refractivity contribution in [3.8, 4) is 11.8 Å². The number of aryl methyl sites for hydroxylation is 1. The van der Waals surface area contributed by atoms with E-state index in [0.29, 0.717) is 5.92 Å². The first-order valence-corrected chi connectivity index (χ1v) is 6.45. The Morgan fingerprint density at radius 1 is 1.22 bits per heavy atom. The van der Waals surface area contributed by atoms with Gasteiger partial charge in [0.2, 0.25) is 0 Å². The first-order chi connectivity index (χ1) is 8.28. The zero-order valence-electron chi connectivity index (χ0n) is 12.3. The molecule has 0 aliphatic carbocycles. The van der Waals surface area contributed by atoms with Crippen molar-refractivity contribution in [1.82, 2.24) is 0 Å². The van der Waals surface area contributed by atoms with Crippen molar-refractivity contribution < 1.29 is 0 Å². The average molecular weight is 241 g/mol. The number of benzene rings is 1. The standard InChI is InChI=1S/C17H23N/c1-13(2)7-9-15-10-8-14(3)11-16(15)12-18-17(4,5)6/h8,10-13H,1-6H3. The Morgan fingerprint density at radius 2 is 1.89 bits per heavy atom. The van der Waals surface area contributed by atoms with Gasteiger partial charge in [0.15, 0.2) is 0 Å². The SMILES string of the molecule is Cc1ccc(C#CC(C)C)c(C=NC(C)(C)C)c1. The van der Waals surface area contributed by atoms with Crippen molar-refractivity contribution in [2.45, 2.75) is 47.1 Å². The van der Waals surface area contributed by atoms with Crippen molar-refractivity contribution in [3.05, 3.63) is 34.9 Å². The first-order valence-electron chi connectivity index (χ1n) is 6.45. The minimum absolute atomic E-state index is 0.0491. The van der Waals surface area contributed by atoms with E-state index < -0.39 is 0 Å². The van der Waals surface area contributed by atoms with Gasteiger partial charge in [0.25, 0.3) is 0 Å². The first kappa shape index (κ1) is 14.5. The maximum atomic E-state index is 4.56. The van der Waals surface area contributed by atoms with Crippen LogP contribution in [0.3, 0.4) is 0 Å². The Hall–Kier alpha value is -1.55. The summed E-state index contributed by atoms with van der Waals surface area (Å²) in [5.74, 6) is 6.83. The van der Waals surface area contributed by atoms with Gasteiger partial charge in [-0.25, -0.2) is 0 Å². The lowest BCUT2D eigenvalue weighted by Gasteiger charge is -2.11. The second kappa shape index (κ2) is 5.87. The lowest BCUT2D eigenvalue weighted by Crippen LogP contribution is -2.10. The molecule has 0 bridgehead atoms. The summed E-state index contributed by atoms with van der Waals surface area (Å²) in [4.78, 5) is 4.56. The van der Waals surface area contributed by atoms with E-state index in [1.165, 1.54) is 5.56 Å². The lowest BCUT2D eigenvalue weighted by atomic mass is 10.0. The van der Waals surface area contributed by atoms with Crippen LogP contribution in [0.5, 0.6) is 0 Å². The molecule has 18 heavy (non-hydrogen) atoms. The average Bonchev–Trinajstić information content (AvgIpc) is 2.23. The van der Waals surface area contributed by atoms with Crippen molar-refractivity contribution >= 4 is 6.21 Å². The van der Waals surface area contributed by atoms with Crippen LogP contribution in [0, 0.1) is 24.7 Å². The quantitative estimate of drug-likeness (QED) is 0.515. The van der Waals surface area contributed by atoms with Gasteiger partial charge < -0.3 is 0 Å². The Balaban J connectivity index is 3.14. The molecule has 0 saturated carbocycles. The molecule has 0 fully saturated rings. The molecule has 1 aromatic carbocycles. The Bertz CT molecular complexity index is 491. The van der Waals surface area contributed by atoms with Crippen molar-refractivity contribution in [2.75, 3.05) is 0 Å². The fourth-order valence-corrected chi connectivity index (χ4v) is 1.39. The Morgan fingerprint density at radius 3 is 2.44 bits per heavy atom. The van der Waals surface area contributed by atoms with Gasteiger partial charge in [0.1, 0.15) is 0 Å². The van der Waals surface area contributed by atoms with Gasteiger partial charge >= 0.3 is 0 Å². The number of aliphatic imine (C=N–C) groups is 1. The van der Waals surface area contributed by atoms with Crippen LogP contribution < -0.4 is 0 Å². The van der Waals surface area contributed by atoms with Crippen LogP contribution >= 0.6 is 0 Å². The summed E-state index contributed by atoms with van der Waals surface area (Å²) in [5.41, 5.74) is 3.35. The van der Waals surface area contributed by atoms with E-state index in [1.54, 1.807) is 0 Å². The fraction of sp³-hybridized carbons (Fsp3) is 0.471. The molecule has 0 aromatic heterocycles. The molecule has 0 spiro atoms. The summed E-state index contributed by atoms with van der Waals surface area (Å²) < 4.78 is 0. The highest BCUT2D eigenvalue weighted by atomic mass is 14.8. The zero-order chi connectivity index (χ0) is 13.8. The van der Waals surface area contributed by atoms with E-state index in [4.69, 9.17) is 0 Å². The highest BCUT2D eigenvalue weighted by Gasteiger charge is 2.06. The maximum absolute atomic E-state index is 4.56. The third kappa shape index (κ3) is 5.19. The van der Waals surface area contributed by atoms with Gasteiger partial charge in [-0.15, -0.1) is 0 Å². The van der Waals surface area contributed by atoms with E-state index in [9.17, 15) is 0 Å². The van der Waals surface area contributed by atoms with Gasteiger partial charge in [0, 0.05) is 23.3 Å². The molecule has 0 aliphatic heterocycles. The van der Waals surface area contributed by atoms with E-state index in [1.807, 2.05) is 6.21 Å². The van der Waals surface area contributed by atoms with Crippen LogP contribution in [0.15, 0.2) is 23.2 Å². The molecule has 0 heterocycles. The van der Waals surface area contributed by atoms with E-state index >= 15 is 0 Å². The summed E-state index contributed by atoms with van der Waals surface area (Å²) in [6, 6.07) is 6.31. The number of rotatable bonds is 1. The molecular formula is C17H23N. The van der Waals surface area contributed by atoms with Crippen LogP contribution in [0.25, 0.3) is 0 Å². The molecule has 1 rings (SSSR count). The smallest absolute Gasteiger partial charge is 0.0524 e. The summed E-state index contributed by atoms with van der Waals surface area (Å²) in [7, 11) is 0. The van der Waals surface area contributed by atoms with E-state index in [-0.39, 0.29) is 5.54 Å². The minimum Gasteiger partial charge on any atom is -0.287 e. The summed E-state index contributed by atoms with van der Waals surface area (Å²) >= 11 is 0. The van der Waals surface area contributed by atoms with Crippen LogP contribution in [-0.4, -0.2) is 11.8 Å². The molecule has 1 nitrogen and oxygen atoms in total. The van der Waals surface area contributed by atoms with E-state index in [0.717, 1.165) is 11.1 Å². The maximum Gasteiger partial charge on any atom is 0.0524 e. The van der Waals surface area contributed by atoms with Crippen molar-refractivity contribution in [2.24, 2.45) is 10.9 Å². The Kier molecular flexibility index (Phi) is 4.73. The molecule has 0 atom stereocenters. The van der Waals surface area contributed by atoms with Crippen molar-refractivity contribution in [3.63, 3.8) is 0 Å². The third-order valence-electron chi connectivity index (χ3n) is 2.29. The van der Waals surface area contributed by atoms with Gasteiger partial charge in [-0.1, -0.05) is 37.3 Å². The molecule has 96 valence electrons. The molecule has 0 saturated heterocycles. The molecule has 0 aliphatic rings. The zero-order valence-corrected chi connectivity index (χ0v) is 12.3. The van der Waals surface area contributed by atoms with Crippen LogP contribution in [0.1, 0.15) is 51.3 Å². The largest absolute Gasteiger partial charge is 0.287 e. The predicted octanol–water partition coefficient (Wildman–Crippen LogP) is 4.22. The molecule has 1 heteroatoms. The predicted molar refractivity (Wildman–Crippen MR) is 80.2 cm³/mol. The topological polar surface area (TPSA) is 12.4 Å². The van der Waals surface area contributed by atoms with Gasteiger partial charge in [0.05, 0.1) is 5.54 Å². The normalized spacial score (nSPS) is 11.7.